The van der Waals surface area contributed by atoms with Crippen LogP contribution in [0, 0.1) is 0 Å². The summed E-state index contributed by atoms with van der Waals surface area (Å²) >= 11 is 0. The van der Waals surface area contributed by atoms with Gasteiger partial charge in [-0.25, -0.2) is 4.57 Å². The van der Waals surface area contributed by atoms with E-state index in [0.717, 1.165) is 0 Å². The summed E-state index contributed by atoms with van der Waals surface area (Å²) in [5.74, 6) is 0. The van der Waals surface area contributed by atoms with Gasteiger partial charge in [-0.1, -0.05) is 0 Å². The van der Waals surface area contributed by atoms with Crippen molar-refractivity contribution in [3.63, 3.8) is 0 Å². The first-order valence-corrected chi connectivity index (χ1v) is 5.07. The zero-order chi connectivity index (χ0) is 10.5. The van der Waals surface area contributed by atoms with Crippen molar-refractivity contribution < 1.29 is 34.2 Å². The molecular formula is C5H13O7P. The third kappa shape index (κ3) is 7.09. The molecule has 0 radical (unpaired) electrons. The maximum Gasteiger partial charge on any atom is 0.469 e. The Labute approximate surface area is 74.8 Å². The molecule has 0 amide bonds. The molecule has 0 aliphatic heterocycles. The summed E-state index contributed by atoms with van der Waals surface area (Å²) in [5.41, 5.74) is 0. The van der Waals surface area contributed by atoms with Crippen molar-refractivity contribution >= 4 is 7.82 Å². The Hall–Kier alpha value is -0.0100. The van der Waals surface area contributed by atoms with Gasteiger partial charge in [-0.15, -0.1) is 0 Å². The second-order valence-corrected chi connectivity index (χ2v) is 3.67. The normalized spacial score (nSPS) is 17.0. The molecule has 13 heavy (non-hydrogen) atoms. The van der Waals surface area contributed by atoms with Gasteiger partial charge >= 0.3 is 7.82 Å². The molecule has 0 fully saturated rings. The Morgan fingerprint density at radius 2 is 1.77 bits per heavy atom. The minimum absolute atomic E-state index is 0.160. The molecule has 8 heteroatoms. The Morgan fingerprint density at radius 1 is 1.23 bits per heavy atom. The van der Waals surface area contributed by atoms with Crippen LogP contribution in [0.4, 0.5) is 0 Å². The quantitative estimate of drug-likeness (QED) is 0.331. The summed E-state index contributed by atoms with van der Waals surface area (Å²) in [5, 5.41) is 26.1. The fourth-order valence-corrected chi connectivity index (χ4v) is 0.950. The van der Waals surface area contributed by atoms with Crippen LogP contribution in [0.25, 0.3) is 0 Å². The maximum absolute atomic E-state index is 10.1. The average Bonchev–Trinajstić information content (AvgIpc) is 2.00. The van der Waals surface area contributed by atoms with Gasteiger partial charge in [0.05, 0.1) is 19.3 Å². The topological polar surface area (TPSA) is 127 Å². The number of aliphatic hydroxyl groups excluding tert-OH is 3. The minimum Gasteiger partial charge on any atom is -0.394 e. The van der Waals surface area contributed by atoms with Crippen molar-refractivity contribution in [1.82, 2.24) is 0 Å². The van der Waals surface area contributed by atoms with Crippen molar-refractivity contribution in [2.45, 2.75) is 18.6 Å². The molecule has 0 saturated carbocycles. The maximum atomic E-state index is 10.1. The monoisotopic (exact) mass is 216 g/mol. The molecule has 5 N–H and O–H groups in total. The highest BCUT2D eigenvalue weighted by Gasteiger charge is 2.18. The summed E-state index contributed by atoms with van der Waals surface area (Å²) < 4.78 is 14.1. The molecular weight excluding hydrogens is 203 g/mol. The molecule has 0 aromatic heterocycles. The lowest BCUT2D eigenvalue weighted by atomic mass is 10.1. The Morgan fingerprint density at radius 3 is 2.15 bits per heavy atom. The third-order valence-electron chi connectivity index (χ3n) is 1.30. The zero-order valence-corrected chi connectivity index (χ0v) is 7.67. The first-order chi connectivity index (χ1) is 5.87. The summed E-state index contributed by atoms with van der Waals surface area (Å²) in [4.78, 5) is 16.4. The Bertz CT molecular complexity index is 178. The second kappa shape index (κ2) is 5.66. The standard InChI is InChI=1S/C5H13O7P/c6-3-5(8)4(7)1-2-12-13(9,10)11/h4-8H,1-3H2,(H2,9,10,11)/t4-,5+/m0/s1. The van der Waals surface area contributed by atoms with Crippen LogP contribution in [0.1, 0.15) is 6.42 Å². The Kier molecular flexibility index (Phi) is 5.66. The van der Waals surface area contributed by atoms with Crippen molar-refractivity contribution in [3.8, 4) is 0 Å². The summed E-state index contributed by atoms with van der Waals surface area (Å²) in [6.07, 6.45) is -2.73. The first-order valence-electron chi connectivity index (χ1n) is 3.54. The smallest absolute Gasteiger partial charge is 0.394 e. The molecule has 0 saturated heterocycles. The highest BCUT2D eigenvalue weighted by molar-refractivity contribution is 7.46. The molecule has 0 heterocycles. The van der Waals surface area contributed by atoms with E-state index in [0.29, 0.717) is 0 Å². The van der Waals surface area contributed by atoms with Crippen LogP contribution in [0.3, 0.4) is 0 Å². The van der Waals surface area contributed by atoms with Crippen LogP contribution >= 0.6 is 7.82 Å². The van der Waals surface area contributed by atoms with Crippen molar-refractivity contribution in [2.24, 2.45) is 0 Å². The van der Waals surface area contributed by atoms with Gasteiger partial charge in [0, 0.05) is 0 Å². The van der Waals surface area contributed by atoms with Crippen LogP contribution in [-0.4, -0.2) is 50.5 Å². The van der Waals surface area contributed by atoms with Gasteiger partial charge in [-0.3, -0.25) is 4.52 Å². The van der Waals surface area contributed by atoms with Crippen LogP contribution in [0.2, 0.25) is 0 Å². The fourth-order valence-electron chi connectivity index (χ4n) is 0.606. The average molecular weight is 216 g/mol. The lowest BCUT2D eigenvalue weighted by Crippen LogP contribution is -2.30. The van der Waals surface area contributed by atoms with Crippen LogP contribution in [0.5, 0.6) is 0 Å². The van der Waals surface area contributed by atoms with E-state index in [-0.39, 0.29) is 13.0 Å². The van der Waals surface area contributed by atoms with Gasteiger partial charge in [0.2, 0.25) is 0 Å². The SMILES string of the molecule is O=P(O)(O)OCC[C@H](O)[C@H](O)CO. The van der Waals surface area contributed by atoms with Crippen molar-refractivity contribution in [2.75, 3.05) is 13.2 Å². The third-order valence-corrected chi connectivity index (χ3v) is 1.82. The molecule has 0 unspecified atom stereocenters. The number of rotatable bonds is 6. The number of phosphoric ester groups is 1. The lowest BCUT2D eigenvalue weighted by Gasteiger charge is -2.15. The number of hydrogen-bond donors (Lipinski definition) is 5. The van der Waals surface area contributed by atoms with Crippen LogP contribution in [0.15, 0.2) is 0 Å². The van der Waals surface area contributed by atoms with Crippen LogP contribution in [-0.2, 0) is 9.09 Å². The Balaban J connectivity index is 3.59. The predicted molar refractivity (Wildman–Crippen MR) is 41.7 cm³/mol. The number of hydrogen-bond acceptors (Lipinski definition) is 5. The fraction of sp³-hybridized carbons (Fsp3) is 1.00. The molecule has 0 aromatic rings. The summed E-state index contributed by atoms with van der Waals surface area (Å²) in [7, 11) is -4.52. The van der Waals surface area contributed by atoms with Gasteiger partial charge < -0.3 is 25.1 Å². The number of phosphoric acid groups is 1. The van der Waals surface area contributed by atoms with Gasteiger partial charge in [-0.2, -0.15) is 0 Å². The van der Waals surface area contributed by atoms with E-state index in [1.54, 1.807) is 0 Å². The van der Waals surface area contributed by atoms with Gasteiger partial charge in [0.1, 0.15) is 6.10 Å². The lowest BCUT2D eigenvalue weighted by molar-refractivity contribution is -0.0237. The minimum atomic E-state index is -4.52. The molecule has 80 valence electrons. The molecule has 0 aliphatic carbocycles. The molecule has 2 atom stereocenters. The zero-order valence-electron chi connectivity index (χ0n) is 6.78. The second-order valence-electron chi connectivity index (χ2n) is 2.43. The highest BCUT2D eigenvalue weighted by Crippen LogP contribution is 2.35. The van der Waals surface area contributed by atoms with Gasteiger partial charge in [0.15, 0.2) is 0 Å². The highest BCUT2D eigenvalue weighted by atomic mass is 31.2. The van der Waals surface area contributed by atoms with E-state index in [9.17, 15) is 4.57 Å². The molecule has 0 spiro atoms. The molecule has 7 nitrogen and oxygen atoms in total. The van der Waals surface area contributed by atoms with E-state index >= 15 is 0 Å². The van der Waals surface area contributed by atoms with Crippen molar-refractivity contribution in [1.29, 1.82) is 0 Å². The first kappa shape index (κ1) is 13.0. The number of aliphatic hydroxyl groups is 3. The summed E-state index contributed by atoms with van der Waals surface area (Å²) in [6, 6.07) is 0. The predicted octanol–water partition coefficient (Wildman–Crippen LogP) is -1.80. The van der Waals surface area contributed by atoms with E-state index in [1.807, 2.05) is 0 Å². The van der Waals surface area contributed by atoms with E-state index in [1.165, 1.54) is 0 Å². The van der Waals surface area contributed by atoms with E-state index < -0.39 is 26.6 Å². The van der Waals surface area contributed by atoms with E-state index in [4.69, 9.17) is 25.1 Å². The van der Waals surface area contributed by atoms with E-state index in [2.05, 4.69) is 4.52 Å². The summed E-state index contributed by atoms with van der Waals surface area (Å²) in [6.45, 7) is -1.00. The molecule has 0 aliphatic rings. The van der Waals surface area contributed by atoms with Gasteiger partial charge in [-0.05, 0) is 6.42 Å². The van der Waals surface area contributed by atoms with Gasteiger partial charge in [0.25, 0.3) is 0 Å². The largest absolute Gasteiger partial charge is 0.469 e. The molecule has 0 aromatic carbocycles. The van der Waals surface area contributed by atoms with Crippen LogP contribution < -0.4 is 0 Å². The molecule has 0 rings (SSSR count). The van der Waals surface area contributed by atoms with Crippen molar-refractivity contribution in [3.05, 3.63) is 0 Å². The molecule has 0 bridgehead atoms.